The zero-order chi connectivity index (χ0) is 8.27. The maximum atomic E-state index is 10.5. The monoisotopic (exact) mass is 177 g/mol. The van der Waals surface area contributed by atoms with Gasteiger partial charge in [-0.15, -0.1) is 0 Å². The van der Waals surface area contributed by atoms with Gasteiger partial charge in [0.25, 0.3) is 0 Å². The van der Waals surface area contributed by atoms with Crippen LogP contribution in [0.5, 0.6) is 0 Å². The molecule has 11 heavy (non-hydrogen) atoms. The molecule has 3 nitrogen and oxygen atoms in total. The number of piperidine rings is 1. The molecule has 0 saturated carbocycles. The molecule has 1 aliphatic heterocycles. The summed E-state index contributed by atoms with van der Waals surface area (Å²) in [6, 6.07) is 0. The van der Waals surface area contributed by atoms with Crippen LogP contribution in [0.2, 0.25) is 0 Å². The predicted octanol–water partition coefficient (Wildman–Crippen LogP) is 0.208. The van der Waals surface area contributed by atoms with Crippen LogP contribution in [-0.4, -0.2) is 41.0 Å². The maximum absolute atomic E-state index is 10.5. The Hall–Kier alpha value is -0.120. The number of aliphatic hydroxyl groups is 1. The van der Waals surface area contributed by atoms with E-state index >= 15 is 0 Å². The van der Waals surface area contributed by atoms with Gasteiger partial charge in [0.1, 0.15) is 0 Å². The van der Waals surface area contributed by atoms with E-state index in [-0.39, 0.29) is 11.3 Å². The Morgan fingerprint density at radius 3 is 2.55 bits per heavy atom. The molecule has 0 aromatic carbocycles. The average Bonchev–Trinajstić information content (AvgIpc) is 1.93. The van der Waals surface area contributed by atoms with E-state index in [0.29, 0.717) is 6.54 Å². The summed E-state index contributed by atoms with van der Waals surface area (Å²) >= 11 is 5.20. The summed E-state index contributed by atoms with van der Waals surface area (Å²) in [7, 11) is 0. The van der Waals surface area contributed by atoms with Crippen LogP contribution < -0.4 is 0 Å². The van der Waals surface area contributed by atoms with Gasteiger partial charge in [0.05, 0.1) is 12.6 Å². The second-order valence-electron chi connectivity index (χ2n) is 2.86. The highest BCUT2D eigenvalue weighted by molar-refractivity contribution is 6.64. The van der Waals surface area contributed by atoms with Crippen LogP contribution in [-0.2, 0) is 4.79 Å². The van der Waals surface area contributed by atoms with Crippen LogP contribution in [0.25, 0.3) is 0 Å². The third-order valence-corrected chi connectivity index (χ3v) is 2.02. The summed E-state index contributed by atoms with van der Waals surface area (Å²) in [5.41, 5.74) is 0. The van der Waals surface area contributed by atoms with Crippen molar-refractivity contribution in [1.29, 1.82) is 0 Å². The molecule has 1 rings (SSSR count). The lowest BCUT2D eigenvalue weighted by Crippen LogP contribution is -2.38. The van der Waals surface area contributed by atoms with Crippen LogP contribution in [0, 0.1) is 0 Å². The van der Waals surface area contributed by atoms with E-state index in [4.69, 9.17) is 16.7 Å². The molecule has 1 aliphatic rings. The Labute approximate surface area is 70.9 Å². The van der Waals surface area contributed by atoms with Crippen LogP contribution in [0.3, 0.4) is 0 Å². The molecular formula is C7H12ClNO2. The second-order valence-corrected chi connectivity index (χ2v) is 3.28. The summed E-state index contributed by atoms with van der Waals surface area (Å²) < 4.78 is 0. The van der Waals surface area contributed by atoms with Crippen molar-refractivity contribution < 1.29 is 9.90 Å². The Morgan fingerprint density at radius 2 is 2.09 bits per heavy atom. The van der Waals surface area contributed by atoms with E-state index in [1.807, 2.05) is 4.90 Å². The molecule has 1 saturated heterocycles. The van der Waals surface area contributed by atoms with Crippen LogP contribution >= 0.6 is 11.6 Å². The van der Waals surface area contributed by atoms with E-state index in [0.717, 1.165) is 25.9 Å². The molecule has 0 radical (unpaired) electrons. The van der Waals surface area contributed by atoms with Gasteiger partial charge in [-0.1, -0.05) is 0 Å². The van der Waals surface area contributed by atoms with Crippen molar-refractivity contribution in [3.05, 3.63) is 0 Å². The number of hydrogen-bond donors (Lipinski definition) is 1. The van der Waals surface area contributed by atoms with E-state index in [1.165, 1.54) is 0 Å². The van der Waals surface area contributed by atoms with Crippen molar-refractivity contribution in [2.45, 2.75) is 18.9 Å². The van der Waals surface area contributed by atoms with Gasteiger partial charge in [-0.3, -0.25) is 9.69 Å². The van der Waals surface area contributed by atoms with Gasteiger partial charge in [0, 0.05) is 13.1 Å². The van der Waals surface area contributed by atoms with Crippen molar-refractivity contribution in [3.8, 4) is 0 Å². The first kappa shape index (κ1) is 8.97. The first-order valence-corrected chi connectivity index (χ1v) is 4.15. The number of halogens is 1. The van der Waals surface area contributed by atoms with Crippen LogP contribution in [0.4, 0.5) is 0 Å². The Bertz CT molecular complexity index is 143. The van der Waals surface area contributed by atoms with Gasteiger partial charge in [-0.25, -0.2) is 0 Å². The molecular weight excluding hydrogens is 166 g/mol. The highest BCUT2D eigenvalue weighted by Gasteiger charge is 2.17. The van der Waals surface area contributed by atoms with Gasteiger partial charge in [-0.05, 0) is 24.4 Å². The van der Waals surface area contributed by atoms with Crippen molar-refractivity contribution in [2.24, 2.45) is 0 Å². The summed E-state index contributed by atoms with van der Waals surface area (Å²) in [6.45, 7) is 1.87. The highest BCUT2D eigenvalue weighted by Crippen LogP contribution is 2.09. The molecule has 64 valence electrons. The number of nitrogens with zero attached hydrogens (tertiary/aromatic N) is 1. The lowest BCUT2D eigenvalue weighted by atomic mass is 10.1. The topological polar surface area (TPSA) is 40.5 Å². The molecule has 1 fully saturated rings. The van der Waals surface area contributed by atoms with Crippen molar-refractivity contribution >= 4 is 16.8 Å². The number of rotatable bonds is 2. The minimum atomic E-state index is -0.318. The van der Waals surface area contributed by atoms with Gasteiger partial charge >= 0.3 is 0 Å². The summed E-state index contributed by atoms with van der Waals surface area (Å²) in [4.78, 5) is 12.4. The molecule has 0 aromatic heterocycles. The van der Waals surface area contributed by atoms with Gasteiger partial charge in [-0.2, -0.15) is 0 Å². The fourth-order valence-corrected chi connectivity index (χ4v) is 1.42. The first-order chi connectivity index (χ1) is 5.18. The second kappa shape index (κ2) is 4.04. The third kappa shape index (κ3) is 3.18. The van der Waals surface area contributed by atoms with E-state index in [9.17, 15) is 4.79 Å². The standard InChI is InChI=1S/C7H12ClNO2/c8-7(11)5-9-3-1-6(10)2-4-9/h6,10H,1-5H2. The fourth-order valence-electron chi connectivity index (χ4n) is 1.25. The normalized spacial score (nSPS) is 22.0. The lowest BCUT2D eigenvalue weighted by molar-refractivity contribution is -0.113. The number of hydrogen-bond acceptors (Lipinski definition) is 3. The molecule has 1 heterocycles. The lowest BCUT2D eigenvalue weighted by Gasteiger charge is -2.27. The van der Waals surface area contributed by atoms with Gasteiger partial charge in [0.15, 0.2) is 0 Å². The number of likely N-dealkylation sites (tertiary alicyclic amines) is 1. The highest BCUT2D eigenvalue weighted by atomic mass is 35.5. The molecule has 0 aromatic rings. The predicted molar refractivity (Wildman–Crippen MR) is 42.5 cm³/mol. The SMILES string of the molecule is O=C(Cl)CN1CCC(O)CC1. The molecule has 0 atom stereocenters. The molecule has 0 bridgehead atoms. The Morgan fingerprint density at radius 1 is 1.55 bits per heavy atom. The summed E-state index contributed by atoms with van der Waals surface area (Å²) in [5, 5.41) is 8.80. The molecule has 0 unspecified atom stereocenters. The van der Waals surface area contributed by atoms with Gasteiger partial charge < -0.3 is 5.11 Å². The quantitative estimate of drug-likeness (QED) is 0.613. The Kier molecular flexibility index (Phi) is 3.30. The molecule has 0 aliphatic carbocycles. The van der Waals surface area contributed by atoms with E-state index in [1.54, 1.807) is 0 Å². The molecule has 0 spiro atoms. The number of carbonyl (C=O) groups is 1. The van der Waals surface area contributed by atoms with Crippen molar-refractivity contribution in [1.82, 2.24) is 4.90 Å². The number of carbonyl (C=O) groups excluding carboxylic acids is 1. The molecule has 4 heteroatoms. The van der Waals surface area contributed by atoms with Crippen molar-refractivity contribution in [2.75, 3.05) is 19.6 Å². The largest absolute Gasteiger partial charge is 0.393 e. The van der Waals surface area contributed by atoms with Gasteiger partial charge in [0.2, 0.25) is 5.24 Å². The molecule has 0 amide bonds. The molecule has 1 N–H and O–H groups in total. The van der Waals surface area contributed by atoms with Crippen molar-refractivity contribution in [3.63, 3.8) is 0 Å². The van der Waals surface area contributed by atoms with E-state index in [2.05, 4.69) is 0 Å². The van der Waals surface area contributed by atoms with Crippen LogP contribution in [0.15, 0.2) is 0 Å². The minimum absolute atomic E-state index is 0.184. The fraction of sp³-hybridized carbons (Fsp3) is 0.857. The average molecular weight is 178 g/mol. The maximum Gasteiger partial charge on any atom is 0.235 e. The van der Waals surface area contributed by atoms with Crippen LogP contribution in [0.1, 0.15) is 12.8 Å². The zero-order valence-electron chi connectivity index (χ0n) is 6.29. The third-order valence-electron chi connectivity index (χ3n) is 1.91. The summed E-state index contributed by atoms with van der Waals surface area (Å²) in [5.74, 6) is 0. The summed E-state index contributed by atoms with van der Waals surface area (Å²) in [6.07, 6.45) is 1.32. The minimum Gasteiger partial charge on any atom is -0.393 e. The Balaban J connectivity index is 2.22. The number of aliphatic hydroxyl groups excluding tert-OH is 1. The first-order valence-electron chi connectivity index (χ1n) is 3.77. The smallest absolute Gasteiger partial charge is 0.235 e. The zero-order valence-corrected chi connectivity index (χ0v) is 7.05. The van der Waals surface area contributed by atoms with E-state index < -0.39 is 0 Å².